The van der Waals surface area contributed by atoms with Crippen LogP contribution in [0.3, 0.4) is 0 Å². The molecule has 1 aliphatic rings. The van der Waals surface area contributed by atoms with Gasteiger partial charge in [0.05, 0.1) is 11.2 Å². The lowest BCUT2D eigenvalue weighted by Gasteiger charge is -2.32. The second kappa shape index (κ2) is 9.12. The molecule has 0 radical (unpaired) electrons. The van der Waals surface area contributed by atoms with Gasteiger partial charge in [0.15, 0.2) is 0 Å². The van der Waals surface area contributed by atoms with Gasteiger partial charge in [-0.15, -0.1) is 0 Å². The zero-order chi connectivity index (χ0) is 22.6. The zero-order valence-electron chi connectivity index (χ0n) is 18.3. The topological polar surface area (TPSA) is 82.8 Å². The van der Waals surface area contributed by atoms with Crippen LogP contribution in [0.15, 0.2) is 54.0 Å². The number of hydrogen-bond acceptors (Lipinski definition) is 5. The van der Waals surface area contributed by atoms with Crippen LogP contribution in [0.5, 0.6) is 0 Å². The molecule has 0 aromatic heterocycles. The summed E-state index contributed by atoms with van der Waals surface area (Å²) in [5.74, 6) is -0.472. The number of carbonyl (C=O) groups is 1. The Labute approximate surface area is 182 Å². The summed E-state index contributed by atoms with van der Waals surface area (Å²) < 4.78 is 31.8. The van der Waals surface area contributed by atoms with E-state index in [1.165, 1.54) is 6.07 Å². The van der Waals surface area contributed by atoms with Crippen LogP contribution in [0.2, 0.25) is 0 Å². The van der Waals surface area contributed by atoms with E-state index in [1.54, 1.807) is 18.2 Å². The number of hydrogen-bond donors (Lipinski definition) is 2. The van der Waals surface area contributed by atoms with E-state index < -0.39 is 30.2 Å². The molecule has 2 aromatic carbocycles. The number of benzene rings is 2. The Balaban J connectivity index is 1.74. The van der Waals surface area contributed by atoms with Crippen molar-refractivity contribution in [2.45, 2.75) is 45.5 Å². The molecule has 1 saturated heterocycles. The molecular weight excluding hydrogens is 398 g/mol. The van der Waals surface area contributed by atoms with Gasteiger partial charge in [-0.25, -0.2) is 9.18 Å². The number of amides is 1. The molecule has 1 heterocycles. The van der Waals surface area contributed by atoms with Crippen molar-refractivity contribution in [1.82, 2.24) is 5.32 Å². The first-order chi connectivity index (χ1) is 14.6. The maximum absolute atomic E-state index is 14.4. The van der Waals surface area contributed by atoms with Crippen LogP contribution < -0.4 is 11.1 Å². The van der Waals surface area contributed by atoms with Crippen LogP contribution in [0.4, 0.5) is 14.9 Å². The molecule has 1 aliphatic heterocycles. The van der Waals surface area contributed by atoms with Crippen molar-refractivity contribution in [2.75, 3.05) is 12.3 Å². The minimum Gasteiger partial charge on any atom is -0.445 e. The molecule has 164 valence electrons. The van der Waals surface area contributed by atoms with Gasteiger partial charge in [0.2, 0.25) is 0 Å². The third-order valence-electron chi connectivity index (χ3n) is 5.57. The average molecular weight is 426 g/mol. The summed E-state index contributed by atoms with van der Waals surface area (Å²) in [6.45, 7) is 7.92. The van der Waals surface area contributed by atoms with Crippen LogP contribution >= 0.6 is 0 Å². The maximum atomic E-state index is 14.4. The molecule has 1 fully saturated rings. The number of nitrogen functional groups attached to an aromatic ring is 1. The number of nitrogens with one attached hydrogen (secondary N) is 1. The van der Waals surface area contributed by atoms with Crippen molar-refractivity contribution >= 4 is 25.0 Å². The van der Waals surface area contributed by atoms with Gasteiger partial charge < -0.3 is 25.1 Å². The SMILES string of the molecule is CC1(C)OB(C(=Cc2ccc(N)cc2F)CNC(=O)OCc2ccccc2)OC1(C)C. The Morgan fingerprint density at radius 3 is 2.39 bits per heavy atom. The fourth-order valence-corrected chi connectivity index (χ4v) is 3.01. The standard InChI is InChI=1S/C23H28BFN2O4/c1-22(2)23(3,4)31-24(30-22)18(12-17-10-11-19(26)13-20(17)25)14-27-21(28)29-15-16-8-6-5-7-9-16/h5-13H,14-15,26H2,1-4H3,(H,27,28). The van der Waals surface area contributed by atoms with Gasteiger partial charge in [-0.3, -0.25) is 0 Å². The van der Waals surface area contributed by atoms with Gasteiger partial charge in [-0.2, -0.15) is 0 Å². The Bertz CT molecular complexity index is 947. The number of alkyl carbamates (subject to hydrolysis) is 1. The molecule has 1 amide bonds. The van der Waals surface area contributed by atoms with Gasteiger partial charge >= 0.3 is 13.2 Å². The van der Waals surface area contributed by atoms with Crippen molar-refractivity contribution in [1.29, 1.82) is 0 Å². The second-order valence-corrected chi connectivity index (χ2v) is 8.50. The lowest BCUT2D eigenvalue weighted by atomic mass is 9.77. The van der Waals surface area contributed by atoms with Gasteiger partial charge in [0.1, 0.15) is 12.4 Å². The highest BCUT2D eigenvalue weighted by Gasteiger charge is 2.52. The summed E-state index contributed by atoms with van der Waals surface area (Å²) in [7, 11) is -0.753. The largest absolute Gasteiger partial charge is 0.492 e. The minimum atomic E-state index is -0.753. The predicted octanol–water partition coefficient (Wildman–Crippen LogP) is 4.35. The van der Waals surface area contributed by atoms with E-state index in [0.717, 1.165) is 5.56 Å². The van der Waals surface area contributed by atoms with Crippen LogP contribution in [0.25, 0.3) is 6.08 Å². The summed E-state index contributed by atoms with van der Waals surface area (Å²) in [6, 6.07) is 13.8. The lowest BCUT2D eigenvalue weighted by Crippen LogP contribution is -2.41. The zero-order valence-corrected chi connectivity index (χ0v) is 18.3. The first kappa shape index (κ1) is 22.8. The fraction of sp³-hybridized carbons (Fsp3) is 0.348. The van der Waals surface area contributed by atoms with Crippen LogP contribution in [0.1, 0.15) is 38.8 Å². The molecule has 31 heavy (non-hydrogen) atoms. The van der Waals surface area contributed by atoms with E-state index in [4.69, 9.17) is 19.8 Å². The van der Waals surface area contributed by atoms with Crippen molar-refractivity contribution in [3.05, 3.63) is 70.9 Å². The first-order valence-corrected chi connectivity index (χ1v) is 10.1. The van der Waals surface area contributed by atoms with Crippen molar-refractivity contribution in [3.8, 4) is 0 Å². The fourth-order valence-electron chi connectivity index (χ4n) is 3.01. The van der Waals surface area contributed by atoms with Gasteiger partial charge in [0, 0.05) is 17.8 Å². The Hall–Kier alpha value is -2.84. The van der Waals surface area contributed by atoms with Gasteiger partial charge in [0.25, 0.3) is 0 Å². The first-order valence-electron chi connectivity index (χ1n) is 10.1. The number of nitrogens with two attached hydrogens (primary N) is 1. The van der Waals surface area contributed by atoms with Crippen LogP contribution in [-0.4, -0.2) is 31.0 Å². The lowest BCUT2D eigenvalue weighted by molar-refractivity contribution is 0.00578. The number of ether oxygens (including phenoxy) is 1. The molecule has 3 rings (SSSR count). The van der Waals surface area contributed by atoms with Gasteiger partial charge in [-0.1, -0.05) is 42.5 Å². The van der Waals surface area contributed by atoms with Crippen molar-refractivity contribution < 1.29 is 23.2 Å². The Morgan fingerprint density at radius 2 is 1.77 bits per heavy atom. The highest BCUT2D eigenvalue weighted by Crippen LogP contribution is 2.38. The summed E-state index contributed by atoms with van der Waals surface area (Å²) in [5, 5.41) is 2.70. The summed E-state index contributed by atoms with van der Waals surface area (Å²) in [6.07, 6.45) is 1.01. The normalized spacial score (nSPS) is 17.5. The molecule has 0 spiro atoms. The van der Waals surface area contributed by atoms with E-state index in [2.05, 4.69) is 5.32 Å². The monoisotopic (exact) mass is 426 g/mol. The van der Waals surface area contributed by atoms with Crippen LogP contribution in [-0.2, 0) is 20.7 Å². The summed E-state index contributed by atoms with van der Waals surface area (Å²) >= 11 is 0. The minimum absolute atomic E-state index is 0.0638. The molecule has 6 nitrogen and oxygen atoms in total. The van der Waals surface area contributed by atoms with Crippen molar-refractivity contribution in [2.24, 2.45) is 0 Å². The van der Waals surface area contributed by atoms with Crippen molar-refractivity contribution in [3.63, 3.8) is 0 Å². The number of halogens is 1. The number of rotatable bonds is 6. The third-order valence-corrected chi connectivity index (χ3v) is 5.57. The predicted molar refractivity (Wildman–Crippen MR) is 120 cm³/mol. The second-order valence-electron chi connectivity index (χ2n) is 8.50. The maximum Gasteiger partial charge on any atom is 0.492 e. The summed E-state index contributed by atoms with van der Waals surface area (Å²) in [5.41, 5.74) is 6.57. The van der Waals surface area contributed by atoms with Crippen LogP contribution in [0, 0.1) is 5.82 Å². The molecule has 0 atom stereocenters. The highest BCUT2D eigenvalue weighted by atomic mass is 19.1. The van der Waals surface area contributed by atoms with E-state index in [1.807, 2.05) is 58.0 Å². The Morgan fingerprint density at radius 1 is 1.13 bits per heavy atom. The van der Waals surface area contributed by atoms with E-state index in [9.17, 15) is 9.18 Å². The molecule has 0 bridgehead atoms. The molecule has 0 aliphatic carbocycles. The van der Waals surface area contributed by atoms with E-state index >= 15 is 0 Å². The van der Waals surface area contributed by atoms with E-state index in [-0.39, 0.29) is 13.2 Å². The quantitative estimate of drug-likeness (QED) is 0.530. The highest BCUT2D eigenvalue weighted by molar-refractivity contribution is 6.56. The number of anilines is 1. The number of carbonyl (C=O) groups excluding carboxylic acids is 1. The molecular formula is C23H28BFN2O4. The molecule has 0 unspecified atom stereocenters. The molecule has 2 aromatic rings. The third kappa shape index (κ3) is 5.65. The summed E-state index contributed by atoms with van der Waals surface area (Å²) in [4.78, 5) is 12.2. The van der Waals surface area contributed by atoms with E-state index in [0.29, 0.717) is 16.7 Å². The molecule has 8 heteroatoms. The van der Waals surface area contributed by atoms with Gasteiger partial charge in [-0.05, 0) is 50.9 Å². The molecule has 3 N–H and O–H groups in total. The molecule has 0 saturated carbocycles. The Kier molecular flexibility index (Phi) is 6.72. The average Bonchev–Trinajstić information content (AvgIpc) is 2.93. The smallest absolute Gasteiger partial charge is 0.445 e.